The van der Waals surface area contributed by atoms with E-state index in [2.05, 4.69) is 20.3 Å². The average Bonchev–Trinajstić information content (AvgIpc) is 3.24. The fourth-order valence-corrected chi connectivity index (χ4v) is 3.03. The molecule has 7 heteroatoms. The number of carboxylic acids is 1. The van der Waals surface area contributed by atoms with Crippen LogP contribution in [0, 0.1) is 0 Å². The summed E-state index contributed by atoms with van der Waals surface area (Å²) in [7, 11) is 0. The highest BCUT2D eigenvalue weighted by molar-refractivity contribution is 5.97. The van der Waals surface area contributed by atoms with Crippen molar-refractivity contribution in [2.45, 2.75) is 6.42 Å². The van der Waals surface area contributed by atoms with E-state index in [9.17, 15) is 9.59 Å². The Morgan fingerprint density at radius 3 is 2.78 bits per heavy atom. The van der Waals surface area contributed by atoms with Gasteiger partial charge < -0.3 is 20.4 Å². The number of pyridine rings is 1. The van der Waals surface area contributed by atoms with E-state index in [1.807, 2.05) is 30.5 Å². The van der Waals surface area contributed by atoms with E-state index in [-0.39, 0.29) is 12.3 Å². The lowest BCUT2D eigenvalue weighted by Gasteiger charge is -2.04. The van der Waals surface area contributed by atoms with Crippen LogP contribution >= 0.6 is 0 Å². The highest BCUT2D eigenvalue weighted by Crippen LogP contribution is 2.21. The monoisotopic (exact) mass is 360 g/mol. The van der Waals surface area contributed by atoms with Crippen LogP contribution in [-0.4, -0.2) is 31.9 Å². The summed E-state index contributed by atoms with van der Waals surface area (Å²) in [5.41, 5.74) is 3.21. The molecule has 3 aromatic heterocycles. The maximum Gasteiger partial charge on any atom is 0.328 e. The predicted molar refractivity (Wildman–Crippen MR) is 103 cm³/mol. The van der Waals surface area contributed by atoms with Gasteiger partial charge in [-0.2, -0.15) is 0 Å². The number of nitrogens with zero attached hydrogens (tertiary/aromatic N) is 1. The summed E-state index contributed by atoms with van der Waals surface area (Å²) < 4.78 is 0. The topological polar surface area (TPSA) is 111 Å². The second kappa shape index (κ2) is 6.80. The number of aromatic amines is 2. The Bertz CT molecular complexity index is 1190. The quantitative estimate of drug-likeness (QED) is 0.409. The predicted octanol–water partition coefficient (Wildman–Crippen LogP) is 3.32. The number of nitrogens with one attached hydrogen (secondary N) is 3. The number of H-pyrrole nitrogens is 2. The van der Waals surface area contributed by atoms with Crippen LogP contribution in [0.4, 0.5) is 5.82 Å². The normalized spacial score (nSPS) is 11.4. The van der Waals surface area contributed by atoms with Gasteiger partial charge in [0.05, 0.1) is 6.42 Å². The molecule has 0 aliphatic heterocycles. The maximum absolute atomic E-state index is 12.4. The summed E-state index contributed by atoms with van der Waals surface area (Å²) in [6, 6.07) is 11.3. The van der Waals surface area contributed by atoms with Crippen LogP contribution in [-0.2, 0) is 16.0 Å². The zero-order chi connectivity index (χ0) is 18.8. The summed E-state index contributed by atoms with van der Waals surface area (Å²) in [6.07, 6.45) is 6.32. The van der Waals surface area contributed by atoms with Crippen LogP contribution in [0.1, 0.15) is 11.1 Å². The molecule has 0 bridgehead atoms. The zero-order valence-corrected chi connectivity index (χ0v) is 14.2. The summed E-state index contributed by atoms with van der Waals surface area (Å²) >= 11 is 0. The van der Waals surface area contributed by atoms with Crippen LogP contribution in [0.15, 0.2) is 54.9 Å². The molecule has 7 nitrogen and oxygen atoms in total. The van der Waals surface area contributed by atoms with E-state index in [0.29, 0.717) is 11.5 Å². The molecule has 0 fully saturated rings. The van der Waals surface area contributed by atoms with Crippen molar-refractivity contribution >= 4 is 45.7 Å². The Kier molecular flexibility index (Phi) is 4.18. The third-order valence-electron chi connectivity index (χ3n) is 4.27. The number of aromatic nitrogens is 3. The van der Waals surface area contributed by atoms with Crippen LogP contribution in [0.2, 0.25) is 0 Å². The van der Waals surface area contributed by atoms with Crippen molar-refractivity contribution in [3.05, 3.63) is 66.0 Å². The standard InChI is InChI=1S/C20H16N4O3/c25-18(9-13-11-21-16-4-2-1-3-14(13)16)23-17-7-6-15-12(5-8-19(26)27)10-22-20(15)24-17/h1-8,10-11,21H,9H2,(H,26,27)(H2,22,23,24,25). The number of benzene rings is 1. The minimum absolute atomic E-state index is 0.163. The summed E-state index contributed by atoms with van der Waals surface area (Å²) in [6.45, 7) is 0. The van der Waals surface area contributed by atoms with Gasteiger partial charge in [-0.3, -0.25) is 4.79 Å². The van der Waals surface area contributed by atoms with Crippen LogP contribution in [0.5, 0.6) is 0 Å². The number of carboxylic acid groups (broad SMARTS) is 1. The Hall–Kier alpha value is -3.87. The molecule has 0 saturated carbocycles. The molecule has 0 aliphatic rings. The van der Waals surface area contributed by atoms with E-state index < -0.39 is 5.97 Å². The van der Waals surface area contributed by atoms with Gasteiger partial charge in [0.25, 0.3) is 0 Å². The first-order valence-corrected chi connectivity index (χ1v) is 8.34. The smallest absolute Gasteiger partial charge is 0.328 e. The molecule has 0 radical (unpaired) electrons. The number of amides is 1. The lowest BCUT2D eigenvalue weighted by Crippen LogP contribution is -2.15. The first-order chi connectivity index (χ1) is 13.1. The summed E-state index contributed by atoms with van der Waals surface area (Å²) in [4.78, 5) is 33.6. The molecule has 4 aromatic rings. The van der Waals surface area contributed by atoms with Crippen LogP contribution in [0.25, 0.3) is 28.0 Å². The molecule has 0 aliphatic carbocycles. The van der Waals surface area contributed by atoms with E-state index in [4.69, 9.17) is 5.11 Å². The number of fused-ring (bicyclic) bond motifs is 2. The molecule has 27 heavy (non-hydrogen) atoms. The van der Waals surface area contributed by atoms with E-state index in [1.54, 1.807) is 18.3 Å². The molecule has 134 valence electrons. The zero-order valence-electron chi connectivity index (χ0n) is 14.2. The molecule has 1 aromatic carbocycles. The molecule has 0 spiro atoms. The van der Waals surface area contributed by atoms with Crippen molar-refractivity contribution in [2.24, 2.45) is 0 Å². The lowest BCUT2D eigenvalue weighted by molar-refractivity contribution is -0.131. The third kappa shape index (κ3) is 3.43. The van der Waals surface area contributed by atoms with Crippen molar-refractivity contribution in [2.75, 3.05) is 5.32 Å². The van der Waals surface area contributed by atoms with Crippen molar-refractivity contribution in [1.82, 2.24) is 15.0 Å². The molecule has 4 N–H and O–H groups in total. The third-order valence-corrected chi connectivity index (χ3v) is 4.27. The number of aliphatic carboxylic acids is 1. The number of anilines is 1. The minimum atomic E-state index is -1.02. The number of hydrogen-bond donors (Lipinski definition) is 4. The fraction of sp³-hybridized carbons (Fsp3) is 0.0500. The summed E-state index contributed by atoms with van der Waals surface area (Å²) in [5.74, 6) is -0.745. The van der Waals surface area contributed by atoms with Crippen molar-refractivity contribution in [1.29, 1.82) is 0 Å². The molecule has 0 saturated heterocycles. The van der Waals surface area contributed by atoms with Crippen LogP contribution in [0.3, 0.4) is 0 Å². The van der Waals surface area contributed by atoms with Crippen LogP contribution < -0.4 is 5.32 Å². The van der Waals surface area contributed by atoms with Gasteiger partial charge in [-0.1, -0.05) is 18.2 Å². The van der Waals surface area contributed by atoms with Gasteiger partial charge >= 0.3 is 5.97 Å². The van der Waals surface area contributed by atoms with Crippen molar-refractivity contribution in [3.8, 4) is 0 Å². The molecule has 0 atom stereocenters. The summed E-state index contributed by atoms with van der Waals surface area (Å²) in [5, 5.41) is 13.3. The maximum atomic E-state index is 12.4. The lowest BCUT2D eigenvalue weighted by atomic mass is 10.1. The number of hydrogen-bond acceptors (Lipinski definition) is 3. The molecule has 3 heterocycles. The highest BCUT2D eigenvalue weighted by Gasteiger charge is 2.10. The van der Waals surface area contributed by atoms with Gasteiger partial charge in [0, 0.05) is 40.3 Å². The molecular weight excluding hydrogens is 344 g/mol. The Balaban J connectivity index is 1.51. The van der Waals surface area contributed by atoms with Gasteiger partial charge in [0.2, 0.25) is 5.91 Å². The molecular formula is C20H16N4O3. The van der Waals surface area contributed by atoms with Gasteiger partial charge in [-0.25, -0.2) is 9.78 Å². The Morgan fingerprint density at radius 1 is 1.07 bits per heavy atom. The Morgan fingerprint density at radius 2 is 1.93 bits per heavy atom. The first-order valence-electron chi connectivity index (χ1n) is 8.34. The van der Waals surface area contributed by atoms with E-state index in [1.165, 1.54) is 6.08 Å². The van der Waals surface area contributed by atoms with E-state index in [0.717, 1.165) is 33.5 Å². The number of rotatable bonds is 5. The number of carbonyl (C=O) groups is 2. The second-order valence-corrected chi connectivity index (χ2v) is 6.09. The average molecular weight is 360 g/mol. The molecule has 0 unspecified atom stereocenters. The van der Waals surface area contributed by atoms with Gasteiger partial charge in [-0.05, 0) is 29.8 Å². The first kappa shape index (κ1) is 16.6. The highest BCUT2D eigenvalue weighted by atomic mass is 16.4. The van der Waals surface area contributed by atoms with Gasteiger partial charge in [0.1, 0.15) is 11.5 Å². The van der Waals surface area contributed by atoms with Crippen molar-refractivity contribution in [3.63, 3.8) is 0 Å². The largest absolute Gasteiger partial charge is 0.478 e. The van der Waals surface area contributed by atoms with E-state index >= 15 is 0 Å². The van der Waals surface area contributed by atoms with Gasteiger partial charge in [-0.15, -0.1) is 0 Å². The van der Waals surface area contributed by atoms with Gasteiger partial charge in [0.15, 0.2) is 0 Å². The fourth-order valence-electron chi connectivity index (χ4n) is 3.03. The Labute approximate surface area is 153 Å². The number of carbonyl (C=O) groups excluding carboxylic acids is 1. The molecule has 4 rings (SSSR count). The second-order valence-electron chi connectivity index (χ2n) is 6.09. The van der Waals surface area contributed by atoms with Crippen molar-refractivity contribution < 1.29 is 14.7 Å². The number of para-hydroxylation sites is 1. The molecule has 1 amide bonds. The SMILES string of the molecule is O=C(O)C=Cc1c[nH]c2nc(NC(=O)Cc3c[nH]c4ccccc34)ccc12. The minimum Gasteiger partial charge on any atom is -0.478 e.